The van der Waals surface area contributed by atoms with E-state index in [1.54, 1.807) is 0 Å². The third-order valence-corrected chi connectivity index (χ3v) is 5.31. The molecule has 0 saturated heterocycles. The first-order valence-corrected chi connectivity index (χ1v) is 10.0. The van der Waals surface area contributed by atoms with Crippen LogP contribution in [0.15, 0.2) is 73.1 Å². The molecule has 2 aromatic heterocycles. The maximum atomic E-state index is 13.2. The van der Waals surface area contributed by atoms with Crippen LogP contribution < -0.4 is 5.32 Å². The van der Waals surface area contributed by atoms with Gasteiger partial charge in [0, 0.05) is 22.0 Å². The summed E-state index contributed by atoms with van der Waals surface area (Å²) in [5.74, 6) is 0.329. The van der Waals surface area contributed by atoms with Gasteiger partial charge in [-0.15, -0.1) is 15.3 Å². The highest BCUT2D eigenvalue weighted by Gasteiger charge is 2.33. The van der Waals surface area contributed by atoms with Crippen molar-refractivity contribution in [2.45, 2.75) is 6.18 Å². The Morgan fingerprint density at radius 2 is 1.64 bits per heavy atom. The van der Waals surface area contributed by atoms with Gasteiger partial charge in [0.15, 0.2) is 5.82 Å². The lowest BCUT2D eigenvalue weighted by atomic mass is 10.0. The van der Waals surface area contributed by atoms with Gasteiger partial charge in [0.05, 0.1) is 16.3 Å². The standard InChI is InChI=1S/C22H13ClF3N7/c23-19-10-7-14(11-18(19)22(24,25)26)28-21-17-4-2-1-3-16(17)20(29-30-21)13-5-8-15(9-6-13)33-12-27-31-32-33/h1-12H,(H,28,30). The zero-order chi connectivity index (χ0) is 23.0. The molecular formula is C22H13ClF3N7. The fourth-order valence-electron chi connectivity index (χ4n) is 3.42. The molecule has 3 aromatic carbocycles. The Morgan fingerprint density at radius 1 is 0.879 bits per heavy atom. The van der Waals surface area contributed by atoms with Crippen LogP contribution in [-0.4, -0.2) is 30.4 Å². The fourth-order valence-corrected chi connectivity index (χ4v) is 3.64. The Labute approximate surface area is 189 Å². The van der Waals surface area contributed by atoms with Gasteiger partial charge in [0.1, 0.15) is 12.0 Å². The van der Waals surface area contributed by atoms with Crippen LogP contribution in [0.2, 0.25) is 5.02 Å². The zero-order valence-electron chi connectivity index (χ0n) is 16.6. The lowest BCUT2D eigenvalue weighted by Crippen LogP contribution is -2.07. The van der Waals surface area contributed by atoms with E-state index in [0.717, 1.165) is 22.7 Å². The van der Waals surface area contributed by atoms with E-state index >= 15 is 0 Å². The number of halogens is 4. The Balaban J connectivity index is 1.53. The number of alkyl halides is 3. The molecule has 2 heterocycles. The number of benzene rings is 3. The minimum atomic E-state index is -4.57. The number of rotatable bonds is 4. The van der Waals surface area contributed by atoms with Crippen LogP contribution in [-0.2, 0) is 6.18 Å². The van der Waals surface area contributed by atoms with Gasteiger partial charge in [0.25, 0.3) is 0 Å². The molecule has 0 atom stereocenters. The van der Waals surface area contributed by atoms with E-state index < -0.39 is 11.7 Å². The van der Waals surface area contributed by atoms with E-state index in [1.165, 1.54) is 23.1 Å². The summed E-state index contributed by atoms with van der Waals surface area (Å²) in [7, 11) is 0. The number of nitrogens with zero attached hydrogens (tertiary/aromatic N) is 6. The van der Waals surface area contributed by atoms with Crippen LogP contribution in [0.1, 0.15) is 5.56 Å². The van der Waals surface area contributed by atoms with Crippen LogP contribution >= 0.6 is 11.6 Å². The molecule has 0 unspecified atom stereocenters. The smallest absolute Gasteiger partial charge is 0.338 e. The lowest BCUT2D eigenvalue weighted by molar-refractivity contribution is -0.137. The molecular weight excluding hydrogens is 455 g/mol. The molecule has 164 valence electrons. The van der Waals surface area contributed by atoms with Gasteiger partial charge < -0.3 is 5.32 Å². The molecule has 0 bridgehead atoms. The monoisotopic (exact) mass is 467 g/mol. The van der Waals surface area contributed by atoms with E-state index in [0.29, 0.717) is 16.9 Å². The minimum absolute atomic E-state index is 0.199. The van der Waals surface area contributed by atoms with Gasteiger partial charge in [-0.25, -0.2) is 4.68 Å². The predicted molar refractivity (Wildman–Crippen MR) is 117 cm³/mol. The number of hydrogen-bond acceptors (Lipinski definition) is 6. The first-order valence-electron chi connectivity index (χ1n) is 9.63. The highest BCUT2D eigenvalue weighted by atomic mass is 35.5. The maximum Gasteiger partial charge on any atom is 0.417 e. The summed E-state index contributed by atoms with van der Waals surface area (Å²) in [6, 6.07) is 18.4. The summed E-state index contributed by atoms with van der Waals surface area (Å²) < 4.78 is 41.2. The van der Waals surface area contributed by atoms with Crippen LogP contribution in [0, 0.1) is 0 Å². The molecule has 0 aliphatic carbocycles. The zero-order valence-corrected chi connectivity index (χ0v) is 17.4. The summed E-state index contributed by atoms with van der Waals surface area (Å²) in [4.78, 5) is 0. The molecule has 0 aliphatic heterocycles. The van der Waals surface area contributed by atoms with Crippen molar-refractivity contribution in [2.24, 2.45) is 0 Å². The summed E-state index contributed by atoms with van der Waals surface area (Å²) in [5, 5.41) is 23.8. The third-order valence-electron chi connectivity index (χ3n) is 4.98. The number of fused-ring (bicyclic) bond motifs is 1. The van der Waals surface area contributed by atoms with Crippen molar-refractivity contribution in [3.8, 4) is 16.9 Å². The van der Waals surface area contributed by atoms with Crippen LogP contribution in [0.25, 0.3) is 27.7 Å². The second-order valence-corrected chi connectivity index (χ2v) is 7.47. The number of tetrazole rings is 1. The molecule has 0 amide bonds. The van der Waals surface area contributed by atoms with Crippen molar-refractivity contribution in [1.29, 1.82) is 0 Å². The van der Waals surface area contributed by atoms with E-state index in [1.807, 2.05) is 48.5 Å². The quantitative estimate of drug-likeness (QED) is 0.366. The predicted octanol–water partition coefficient (Wildman–Crippen LogP) is 5.69. The van der Waals surface area contributed by atoms with Crippen molar-refractivity contribution in [3.05, 3.63) is 83.6 Å². The molecule has 5 rings (SSSR count). The van der Waals surface area contributed by atoms with Crippen LogP contribution in [0.3, 0.4) is 0 Å². The first-order chi connectivity index (χ1) is 15.9. The van der Waals surface area contributed by atoms with Crippen molar-refractivity contribution in [2.75, 3.05) is 5.32 Å². The van der Waals surface area contributed by atoms with Crippen molar-refractivity contribution < 1.29 is 13.2 Å². The Morgan fingerprint density at radius 3 is 2.33 bits per heavy atom. The van der Waals surface area contributed by atoms with Crippen LogP contribution in [0.5, 0.6) is 0 Å². The summed E-state index contributed by atoms with van der Waals surface area (Å²) in [6.45, 7) is 0. The first kappa shape index (κ1) is 20.8. The number of hydrogen-bond donors (Lipinski definition) is 1. The Hall–Kier alpha value is -4.05. The third kappa shape index (κ3) is 4.08. The largest absolute Gasteiger partial charge is 0.417 e. The second-order valence-electron chi connectivity index (χ2n) is 7.06. The van der Waals surface area contributed by atoms with Gasteiger partial charge >= 0.3 is 6.18 Å². The highest BCUT2D eigenvalue weighted by molar-refractivity contribution is 6.31. The number of aromatic nitrogens is 6. The fraction of sp³-hybridized carbons (Fsp3) is 0.0455. The SMILES string of the molecule is FC(F)(F)c1cc(Nc2nnc(-c3ccc(-n4cnnn4)cc3)c3ccccc23)ccc1Cl. The van der Waals surface area contributed by atoms with Gasteiger partial charge in [-0.05, 0) is 40.8 Å². The van der Waals surface area contributed by atoms with Gasteiger partial charge in [-0.3, -0.25) is 0 Å². The van der Waals surface area contributed by atoms with E-state index in [9.17, 15) is 13.2 Å². The number of nitrogens with one attached hydrogen (secondary N) is 1. The molecule has 0 radical (unpaired) electrons. The van der Waals surface area contributed by atoms with Crippen molar-refractivity contribution in [1.82, 2.24) is 30.4 Å². The summed E-state index contributed by atoms with van der Waals surface area (Å²) >= 11 is 5.72. The van der Waals surface area contributed by atoms with Crippen LogP contribution in [0.4, 0.5) is 24.7 Å². The topological polar surface area (TPSA) is 81.4 Å². The lowest BCUT2D eigenvalue weighted by Gasteiger charge is -2.14. The normalized spacial score (nSPS) is 11.6. The minimum Gasteiger partial charge on any atom is -0.338 e. The average molecular weight is 468 g/mol. The van der Waals surface area contributed by atoms with E-state index in [4.69, 9.17) is 11.6 Å². The molecule has 0 spiro atoms. The molecule has 1 N–H and O–H groups in total. The van der Waals surface area contributed by atoms with Gasteiger partial charge in [0.2, 0.25) is 0 Å². The number of anilines is 2. The summed E-state index contributed by atoms with van der Waals surface area (Å²) in [5.41, 5.74) is 1.50. The second kappa shape index (κ2) is 8.14. The van der Waals surface area contributed by atoms with Crippen molar-refractivity contribution in [3.63, 3.8) is 0 Å². The molecule has 0 fully saturated rings. The Kier molecular flexibility index (Phi) is 5.14. The average Bonchev–Trinajstić information content (AvgIpc) is 3.35. The molecule has 0 saturated carbocycles. The van der Waals surface area contributed by atoms with E-state index in [-0.39, 0.29) is 10.7 Å². The summed E-state index contributed by atoms with van der Waals surface area (Å²) in [6.07, 6.45) is -3.08. The van der Waals surface area contributed by atoms with E-state index in [2.05, 4.69) is 31.0 Å². The molecule has 0 aliphatic rings. The molecule has 5 aromatic rings. The Bertz CT molecular complexity index is 1440. The molecule has 11 heteroatoms. The van der Waals surface area contributed by atoms with Crippen molar-refractivity contribution >= 4 is 33.9 Å². The maximum absolute atomic E-state index is 13.2. The molecule has 33 heavy (non-hydrogen) atoms. The molecule has 7 nitrogen and oxygen atoms in total. The van der Waals surface area contributed by atoms with Gasteiger partial charge in [-0.1, -0.05) is 48.0 Å². The highest BCUT2D eigenvalue weighted by Crippen LogP contribution is 2.37. The van der Waals surface area contributed by atoms with Gasteiger partial charge in [-0.2, -0.15) is 13.2 Å².